The van der Waals surface area contributed by atoms with Crippen LogP contribution in [0.2, 0.25) is 0 Å². The molecule has 0 aliphatic carbocycles. The van der Waals surface area contributed by atoms with Crippen molar-refractivity contribution in [2.45, 2.75) is 25.3 Å². The Morgan fingerprint density at radius 1 is 1.06 bits per heavy atom. The van der Waals surface area contributed by atoms with Crippen LogP contribution in [0.15, 0.2) is 51.9 Å². The first-order chi connectivity index (χ1) is 15.3. The predicted molar refractivity (Wildman–Crippen MR) is 122 cm³/mol. The molecule has 8 nitrogen and oxygen atoms in total. The maximum absolute atomic E-state index is 13.1. The zero-order valence-electron chi connectivity index (χ0n) is 18.6. The van der Waals surface area contributed by atoms with Gasteiger partial charge >= 0.3 is 0 Å². The van der Waals surface area contributed by atoms with Crippen LogP contribution in [0, 0.1) is 13.8 Å². The molecule has 32 heavy (non-hydrogen) atoms. The minimum Gasteiger partial charge on any atom is -0.361 e. The molecule has 1 saturated heterocycles. The van der Waals surface area contributed by atoms with Gasteiger partial charge in [0.05, 0.1) is 17.1 Å². The molecule has 1 aromatic heterocycles. The Balaban J connectivity index is 1.36. The molecule has 2 aromatic carbocycles. The zero-order chi connectivity index (χ0) is 22.9. The third-order valence-electron chi connectivity index (χ3n) is 5.96. The van der Waals surface area contributed by atoms with E-state index in [1.54, 1.807) is 17.0 Å². The molecule has 4 rings (SSSR count). The lowest BCUT2D eigenvalue weighted by Gasteiger charge is -2.34. The smallest absolute Gasteiger partial charge is 0.243 e. The molecule has 0 radical (unpaired) electrons. The number of carbonyl (C=O) groups is 1. The molecule has 1 fully saturated rings. The first-order valence-electron chi connectivity index (χ1n) is 10.6. The summed E-state index contributed by atoms with van der Waals surface area (Å²) in [7, 11) is -1.72. The first kappa shape index (κ1) is 22.4. The van der Waals surface area contributed by atoms with Crippen LogP contribution >= 0.6 is 0 Å². The van der Waals surface area contributed by atoms with Gasteiger partial charge in [0.2, 0.25) is 15.9 Å². The van der Waals surface area contributed by atoms with Gasteiger partial charge in [-0.15, -0.1) is 0 Å². The highest BCUT2D eigenvalue weighted by Crippen LogP contribution is 2.23. The number of hydrogen-bond donors (Lipinski definition) is 0. The SMILES string of the molecule is Cc1noc(C)c1CN(C)CC(=O)N1CCN(S(=O)(=O)c2ccc3ccccc3c2)CC1. The summed E-state index contributed by atoms with van der Waals surface area (Å²) in [4.78, 5) is 16.7. The minimum atomic E-state index is -3.60. The minimum absolute atomic E-state index is 0.0120. The van der Waals surface area contributed by atoms with Crippen molar-refractivity contribution in [1.82, 2.24) is 19.3 Å². The molecule has 0 spiro atoms. The monoisotopic (exact) mass is 456 g/mol. The Labute approximate surface area is 188 Å². The molecule has 1 amide bonds. The fraction of sp³-hybridized carbons (Fsp3) is 0.391. The molecule has 3 aromatic rings. The Kier molecular flexibility index (Phi) is 6.32. The molecule has 0 N–H and O–H groups in total. The van der Waals surface area contributed by atoms with Gasteiger partial charge in [0.25, 0.3) is 0 Å². The lowest BCUT2D eigenvalue weighted by atomic mass is 10.1. The van der Waals surface area contributed by atoms with Crippen molar-refractivity contribution in [3.63, 3.8) is 0 Å². The number of aromatic nitrogens is 1. The molecule has 170 valence electrons. The van der Waals surface area contributed by atoms with Crippen molar-refractivity contribution in [3.8, 4) is 0 Å². The Bertz CT molecular complexity index is 1210. The van der Waals surface area contributed by atoms with Gasteiger partial charge in [-0.1, -0.05) is 35.5 Å². The highest BCUT2D eigenvalue weighted by Gasteiger charge is 2.30. The number of sulfonamides is 1. The van der Waals surface area contributed by atoms with E-state index in [2.05, 4.69) is 5.16 Å². The van der Waals surface area contributed by atoms with Crippen LogP contribution in [0.4, 0.5) is 0 Å². The molecule has 2 heterocycles. The van der Waals surface area contributed by atoms with E-state index >= 15 is 0 Å². The standard InChI is InChI=1S/C23H28N4O4S/c1-17-22(18(2)31-24-17)15-25(3)16-23(28)26-10-12-27(13-11-26)32(29,30)21-9-8-19-6-4-5-7-20(19)14-21/h4-9,14H,10-13,15-16H2,1-3H3. The lowest BCUT2D eigenvalue weighted by Crippen LogP contribution is -2.52. The quantitative estimate of drug-likeness (QED) is 0.566. The number of piperazine rings is 1. The topological polar surface area (TPSA) is 87.0 Å². The molecule has 1 aliphatic heterocycles. The number of aryl methyl sites for hydroxylation is 2. The van der Waals surface area contributed by atoms with E-state index in [0.717, 1.165) is 27.8 Å². The van der Waals surface area contributed by atoms with Crippen molar-refractivity contribution < 1.29 is 17.7 Å². The fourth-order valence-electron chi connectivity index (χ4n) is 4.04. The molecule has 0 unspecified atom stereocenters. The number of fused-ring (bicyclic) bond motifs is 1. The van der Waals surface area contributed by atoms with Crippen molar-refractivity contribution in [3.05, 3.63) is 59.5 Å². The maximum Gasteiger partial charge on any atom is 0.243 e. The number of nitrogens with zero attached hydrogens (tertiary/aromatic N) is 4. The third kappa shape index (κ3) is 4.55. The van der Waals surface area contributed by atoms with Crippen LogP contribution in [-0.2, 0) is 21.4 Å². The van der Waals surface area contributed by atoms with E-state index in [1.165, 1.54) is 4.31 Å². The summed E-state index contributed by atoms with van der Waals surface area (Å²) >= 11 is 0. The van der Waals surface area contributed by atoms with Gasteiger partial charge < -0.3 is 9.42 Å². The molecular weight excluding hydrogens is 428 g/mol. The van der Waals surface area contributed by atoms with Crippen molar-refractivity contribution in [2.75, 3.05) is 39.8 Å². The van der Waals surface area contributed by atoms with Crippen LogP contribution in [0.1, 0.15) is 17.0 Å². The van der Waals surface area contributed by atoms with Gasteiger partial charge in [0.15, 0.2) is 0 Å². The molecule has 0 atom stereocenters. The van der Waals surface area contributed by atoms with Gasteiger partial charge in [-0.25, -0.2) is 8.42 Å². The largest absolute Gasteiger partial charge is 0.361 e. The van der Waals surface area contributed by atoms with Crippen LogP contribution in [0.25, 0.3) is 10.8 Å². The van der Waals surface area contributed by atoms with E-state index in [9.17, 15) is 13.2 Å². The van der Waals surface area contributed by atoms with Gasteiger partial charge in [-0.2, -0.15) is 4.31 Å². The van der Waals surface area contributed by atoms with Gasteiger partial charge in [-0.05, 0) is 43.8 Å². The Morgan fingerprint density at radius 2 is 1.75 bits per heavy atom. The first-order valence-corrected chi connectivity index (χ1v) is 12.1. The summed E-state index contributed by atoms with van der Waals surface area (Å²) in [5.74, 6) is 0.747. The third-order valence-corrected chi connectivity index (χ3v) is 7.86. The summed E-state index contributed by atoms with van der Waals surface area (Å²) in [6, 6.07) is 12.9. The Morgan fingerprint density at radius 3 is 2.41 bits per heavy atom. The number of amides is 1. The zero-order valence-corrected chi connectivity index (χ0v) is 19.4. The molecular formula is C23H28N4O4S. The van der Waals surface area contributed by atoms with Crippen LogP contribution in [0.5, 0.6) is 0 Å². The molecule has 0 bridgehead atoms. The second-order valence-electron chi connectivity index (χ2n) is 8.27. The average Bonchev–Trinajstić information content (AvgIpc) is 3.10. The van der Waals surface area contributed by atoms with E-state index in [0.29, 0.717) is 19.6 Å². The number of benzene rings is 2. The second-order valence-corrected chi connectivity index (χ2v) is 10.2. The summed E-state index contributed by atoms with van der Waals surface area (Å²) in [5.41, 5.74) is 1.82. The fourth-order valence-corrected chi connectivity index (χ4v) is 5.50. The molecule has 9 heteroatoms. The van der Waals surface area contributed by atoms with Gasteiger partial charge in [-0.3, -0.25) is 9.69 Å². The highest BCUT2D eigenvalue weighted by molar-refractivity contribution is 7.89. The average molecular weight is 457 g/mol. The van der Waals surface area contributed by atoms with E-state index in [-0.39, 0.29) is 30.4 Å². The molecule has 1 aliphatic rings. The van der Waals surface area contributed by atoms with E-state index in [4.69, 9.17) is 4.52 Å². The highest BCUT2D eigenvalue weighted by atomic mass is 32.2. The van der Waals surface area contributed by atoms with Gasteiger partial charge in [0, 0.05) is 38.3 Å². The number of rotatable bonds is 6. The summed E-state index contributed by atoms with van der Waals surface area (Å²) in [6.07, 6.45) is 0. The summed E-state index contributed by atoms with van der Waals surface area (Å²) in [5, 5.41) is 5.85. The van der Waals surface area contributed by atoms with Crippen LogP contribution in [-0.4, -0.2) is 73.4 Å². The van der Waals surface area contributed by atoms with E-state index < -0.39 is 10.0 Å². The van der Waals surface area contributed by atoms with Crippen LogP contribution in [0.3, 0.4) is 0 Å². The number of carbonyl (C=O) groups excluding carboxylic acids is 1. The van der Waals surface area contributed by atoms with Crippen molar-refractivity contribution >= 4 is 26.7 Å². The van der Waals surface area contributed by atoms with Crippen molar-refractivity contribution in [2.24, 2.45) is 0 Å². The van der Waals surface area contributed by atoms with Gasteiger partial charge in [0.1, 0.15) is 5.76 Å². The summed E-state index contributed by atoms with van der Waals surface area (Å²) in [6.45, 7) is 5.90. The number of hydrogen-bond acceptors (Lipinski definition) is 6. The Hall–Kier alpha value is -2.75. The van der Waals surface area contributed by atoms with Crippen molar-refractivity contribution in [1.29, 1.82) is 0 Å². The number of likely N-dealkylation sites (N-methyl/N-ethyl adjacent to an activating group) is 1. The lowest BCUT2D eigenvalue weighted by molar-refractivity contribution is -0.133. The maximum atomic E-state index is 13.1. The predicted octanol–water partition coefficient (Wildman–Crippen LogP) is 2.41. The van der Waals surface area contributed by atoms with Crippen LogP contribution < -0.4 is 0 Å². The van der Waals surface area contributed by atoms with E-state index in [1.807, 2.05) is 56.1 Å². The second kappa shape index (κ2) is 9.01. The molecule has 0 saturated carbocycles. The normalized spacial score (nSPS) is 15.6. The summed E-state index contributed by atoms with van der Waals surface area (Å²) < 4.78 is 32.9.